The highest BCUT2D eigenvalue weighted by atomic mass is 32.3. The van der Waals surface area contributed by atoms with Crippen molar-refractivity contribution in [1.29, 1.82) is 0 Å². The van der Waals surface area contributed by atoms with Gasteiger partial charge in [0.15, 0.2) is 0 Å². The van der Waals surface area contributed by atoms with Gasteiger partial charge in [0, 0.05) is 11.5 Å². The first-order valence-electron chi connectivity index (χ1n) is 24.4. The SMILES string of the molecule is C=C/C=C(/C)C(N=C(CS(CCCC)(CCCC)CCCC)c1cccc(C(CS(CCCC)(CCCC)CCCC)=N/C(C(=C)C)=C(C)/C=C\C)n1)=C(C)C.CC.CC. The minimum Gasteiger partial charge on any atom is -0.250 e. The molecule has 0 saturated carbocycles. The van der Waals surface area contributed by atoms with Crippen molar-refractivity contribution >= 4 is 31.5 Å². The zero-order valence-corrected chi connectivity index (χ0v) is 44.4. The predicted molar refractivity (Wildman–Crippen MR) is 288 cm³/mol. The van der Waals surface area contributed by atoms with Crippen molar-refractivity contribution in [3.8, 4) is 0 Å². The normalized spacial score (nSPS) is 13.5. The van der Waals surface area contributed by atoms with Crippen LogP contribution in [0.25, 0.3) is 0 Å². The number of nitrogens with zero attached hydrogens (tertiary/aromatic N) is 3. The van der Waals surface area contributed by atoms with Gasteiger partial charge in [0.25, 0.3) is 0 Å². The Morgan fingerprint density at radius 2 is 0.950 bits per heavy atom. The lowest BCUT2D eigenvalue weighted by atomic mass is 10.1. The summed E-state index contributed by atoms with van der Waals surface area (Å²) in [5.74, 6) is 9.91. The first-order valence-corrected chi connectivity index (χ1v) is 29.0. The third-order valence-corrected chi connectivity index (χ3v) is 19.4. The van der Waals surface area contributed by atoms with Crippen molar-refractivity contribution in [2.45, 2.75) is 188 Å². The Kier molecular flexibility index (Phi) is 36.0. The van der Waals surface area contributed by atoms with Gasteiger partial charge in [-0.25, -0.2) is 30.0 Å². The topological polar surface area (TPSA) is 37.6 Å². The highest BCUT2D eigenvalue weighted by molar-refractivity contribution is 8.34. The van der Waals surface area contributed by atoms with Crippen molar-refractivity contribution in [1.82, 2.24) is 4.98 Å². The molecular formula is C55H99N3S2. The number of unbranched alkanes of at least 4 members (excludes halogenated alkanes) is 6. The van der Waals surface area contributed by atoms with E-state index in [-0.39, 0.29) is 0 Å². The molecule has 0 amide bonds. The maximum Gasteiger partial charge on any atom is 0.0860 e. The second-order valence-electron chi connectivity index (χ2n) is 16.4. The molecular weight excluding hydrogens is 767 g/mol. The number of allylic oxidation sites excluding steroid dienone is 8. The lowest BCUT2D eigenvalue weighted by Crippen LogP contribution is -2.26. The van der Waals surface area contributed by atoms with Gasteiger partial charge in [-0.2, -0.15) is 0 Å². The average Bonchev–Trinajstić information content (AvgIpc) is 3.25. The lowest BCUT2D eigenvalue weighted by Gasteiger charge is -2.41. The summed E-state index contributed by atoms with van der Waals surface area (Å²) < 4.78 is 0. The smallest absolute Gasteiger partial charge is 0.0860 e. The van der Waals surface area contributed by atoms with Crippen molar-refractivity contribution in [2.24, 2.45) is 9.98 Å². The van der Waals surface area contributed by atoms with Crippen LogP contribution in [0.1, 0.15) is 199 Å². The van der Waals surface area contributed by atoms with Gasteiger partial charge in [0.1, 0.15) is 0 Å². The van der Waals surface area contributed by atoms with E-state index in [0.29, 0.717) is 0 Å². The van der Waals surface area contributed by atoms with E-state index in [1.165, 1.54) is 117 Å². The van der Waals surface area contributed by atoms with Crippen LogP contribution in [-0.2, 0) is 0 Å². The molecule has 1 aromatic rings. The van der Waals surface area contributed by atoms with Crippen LogP contribution >= 0.6 is 20.1 Å². The number of pyridine rings is 1. The molecule has 0 fully saturated rings. The molecule has 1 heterocycles. The molecule has 60 heavy (non-hydrogen) atoms. The second-order valence-corrected chi connectivity index (χ2v) is 24.3. The number of aliphatic imine (C=N–C) groups is 2. The van der Waals surface area contributed by atoms with Crippen molar-refractivity contribution in [3.63, 3.8) is 0 Å². The Hall–Kier alpha value is -2.37. The summed E-state index contributed by atoms with van der Waals surface area (Å²) in [7, 11) is -1.94. The molecule has 0 aliphatic heterocycles. The van der Waals surface area contributed by atoms with E-state index in [9.17, 15) is 0 Å². The fraction of sp³-hybridized carbons (Fsp3) is 0.655. The molecule has 0 spiro atoms. The van der Waals surface area contributed by atoms with Crippen LogP contribution in [-0.4, -0.2) is 62.4 Å². The van der Waals surface area contributed by atoms with Gasteiger partial charge in [-0.05, 0) is 143 Å². The molecule has 0 bridgehead atoms. The van der Waals surface area contributed by atoms with E-state index in [4.69, 9.17) is 15.0 Å². The van der Waals surface area contributed by atoms with Crippen LogP contribution in [0.2, 0.25) is 0 Å². The van der Waals surface area contributed by atoms with Gasteiger partial charge in [0.05, 0.1) is 34.2 Å². The lowest BCUT2D eigenvalue weighted by molar-refractivity contribution is 0.847. The van der Waals surface area contributed by atoms with E-state index < -0.39 is 20.1 Å². The molecule has 0 unspecified atom stereocenters. The van der Waals surface area contributed by atoms with Gasteiger partial charge in [-0.15, -0.1) is 0 Å². The maximum absolute atomic E-state index is 5.69. The highest BCUT2D eigenvalue weighted by Crippen LogP contribution is 2.52. The van der Waals surface area contributed by atoms with Crippen molar-refractivity contribution < 1.29 is 0 Å². The summed E-state index contributed by atoms with van der Waals surface area (Å²) in [6.45, 7) is 43.5. The van der Waals surface area contributed by atoms with Gasteiger partial charge in [-0.3, -0.25) is 4.99 Å². The number of hydrogen-bond donors (Lipinski definition) is 0. The Bertz CT molecular complexity index is 1470. The van der Waals surface area contributed by atoms with Gasteiger partial charge in [-0.1, -0.05) is 157 Å². The third-order valence-electron chi connectivity index (χ3n) is 10.7. The van der Waals surface area contributed by atoms with E-state index in [2.05, 4.69) is 133 Å². The van der Waals surface area contributed by atoms with Crippen LogP contribution in [0.4, 0.5) is 0 Å². The van der Waals surface area contributed by atoms with Gasteiger partial charge >= 0.3 is 0 Å². The first-order chi connectivity index (χ1) is 28.8. The molecule has 0 radical (unpaired) electrons. The summed E-state index contributed by atoms with van der Waals surface area (Å²) in [5, 5.41) is 0. The standard InChI is InChI=1S/C51H87N3S2.2C2H6/c1-15-23-34-55(35-24-16-2,36-25-17-3)40-48(53-50(42(9)10)44(13)30-21-7)46-32-29-33-47(52-46)49(54-51(43(11)12)45(14)31-22-8)41-56(37-26-18-4,38-27-19-5)39-28-20-6;2*1-2/h21-22,29-33H,7,11,15-20,23-28,34-41H2,1-6,8-10,12-14H3;2*1-2H3/b31-22-,44-30-,51-45+,53-48?,54-49?;;. The van der Waals surface area contributed by atoms with Crippen LogP contribution in [0, 0.1) is 0 Å². The summed E-state index contributed by atoms with van der Waals surface area (Å²) in [4.78, 5) is 17.0. The molecule has 0 N–H and O–H groups in total. The Labute approximate surface area is 379 Å². The number of rotatable bonds is 30. The van der Waals surface area contributed by atoms with Crippen LogP contribution in [0.15, 0.2) is 99.3 Å². The first kappa shape index (κ1) is 59.7. The van der Waals surface area contributed by atoms with E-state index in [1.807, 2.05) is 33.8 Å². The minimum atomic E-state index is -0.972. The highest BCUT2D eigenvalue weighted by Gasteiger charge is 2.29. The summed E-state index contributed by atoms with van der Waals surface area (Å²) in [5.41, 5.74) is 10.9. The molecule has 3 nitrogen and oxygen atoms in total. The van der Waals surface area contributed by atoms with Crippen molar-refractivity contribution in [2.75, 3.05) is 46.0 Å². The van der Waals surface area contributed by atoms with Gasteiger partial charge in [0.2, 0.25) is 0 Å². The zero-order chi connectivity index (χ0) is 46.0. The minimum absolute atomic E-state index is 0.966. The van der Waals surface area contributed by atoms with Crippen molar-refractivity contribution in [3.05, 3.63) is 101 Å². The van der Waals surface area contributed by atoms with Crippen LogP contribution < -0.4 is 0 Å². The number of aromatic nitrogens is 1. The number of hydrogen-bond acceptors (Lipinski definition) is 3. The molecule has 346 valence electrons. The van der Waals surface area contributed by atoms with Crippen LogP contribution in [0.3, 0.4) is 0 Å². The van der Waals surface area contributed by atoms with Crippen LogP contribution in [0.5, 0.6) is 0 Å². The molecule has 0 atom stereocenters. The Balaban J connectivity index is 0. The summed E-state index contributed by atoms with van der Waals surface area (Å²) in [6.07, 6.45) is 23.4. The zero-order valence-electron chi connectivity index (χ0n) is 42.8. The summed E-state index contributed by atoms with van der Waals surface area (Å²) in [6, 6.07) is 6.72. The average molecular weight is 867 g/mol. The summed E-state index contributed by atoms with van der Waals surface area (Å²) >= 11 is 0. The fourth-order valence-electron chi connectivity index (χ4n) is 7.38. The molecule has 0 aliphatic rings. The largest absolute Gasteiger partial charge is 0.250 e. The molecule has 0 aromatic carbocycles. The van der Waals surface area contributed by atoms with E-state index in [0.717, 1.165) is 62.4 Å². The fourth-order valence-corrected chi connectivity index (χ4v) is 16.5. The third kappa shape index (κ3) is 22.6. The monoisotopic (exact) mass is 866 g/mol. The quantitative estimate of drug-likeness (QED) is 0.0561. The van der Waals surface area contributed by atoms with E-state index in [1.54, 1.807) is 0 Å². The molecule has 5 heteroatoms. The van der Waals surface area contributed by atoms with E-state index >= 15 is 0 Å². The maximum atomic E-state index is 5.69. The second kappa shape index (κ2) is 36.1. The molecule has 1 aromatic heterocycles. The Morgan fingerprint density at radius 3 is 1.23 bits per heavy atom. The van der Waals surface area contributed by atoms with Gasteiger partial charge < -0.3 is 0 Å². The molecule has 0 aliphatic carbocycles. The Morgan fingerprint density at radius 1 is 0.600 bits per heavy atom. The molecule has 0 saturated heterocycles. The molecule has 1 rings (SSSR count). The predicted octanol–water partition coefficient (Wildman–Crippen LogP) is 18.0.